The average Bonchev–Trinajstić information content (AvgIpc) is 2.63. The van der Waals surface area contributed by atoms with E-state index in [1.807, 2.05) is 60.7 Å². The molecule has 1 N–H and O–H groups in total. The van der Waals surface area contributed by atoms with Gasteiger partial charge in [-0.2, -0.15) is 0 Å². The molecule has 2 nitrogen and oxygen atoms in total. The lowest BCUT2D eigenvalue weighted by Crippen LogP contribution is -2.28. The highest BCUT2D eigenvalue weighted by Gasteiger charge is 2.15. The van der Waals surface area contributed by atoms with Crippen molar-refractivity contribution >= 4 is 5.69 Å². The minimum Gasteiger partial charge on any atom is -0.387 e. The lowest BCUT2D eigenvalue weighted by Gasteiger charge is -2.28. The van der Waals surface area contributed by atoms with Gasteiger partial charge in [-0.25, -0.2) is 4.39 Å². The van der Waals surface area contributed by atoms with Gasteiger partial charge in [0.1, 0.15) is 5.82 Å². The molecule has 0 saturated carbocycles. The lowest BCUT2D eigenvalue weighted by atomic mass is 10.1. The minimum absolute atomic E-state index is 0.262. The maximum Gasteiger partial charge on any atom is 0.123 e. The van der Waals surface area contributed by atoms with Gasteiger partial charge >= 0.3 is 0 Å². The van der Waals surface area contributed by atoms with Gasteiger partial charge in [0.05, 0.1) is 6.10 Å². The predicted octanol–water partition coefficient (Wildman–Crippen LogP) is 4.57. The van der Waals surface area contributed by atoms with E-state index >= 15 is 0 Å². The standard InChI is InChI=1S/C21H20FNO/c22-19-11-13-20(14-12-19)23(15-17-7-3-1-4-8-17)16-21(24)18-9-5-2-6-10-18/h1-14,21,24H,15-16H2. The smallest absolute Gasteiger partial charge is 0.123 e. The van der Waals surface area contributed by atoms with Crippen LogP contribution in [0.25, 0.3) is 0 Å². The van der Waals surface area contributed by atoms with Crippen molar-refractivity contribution in [2.45, 2.75) is 12.6 Å². The molecule has 3 aromatic carbocycles. The van der Waals surface area contributed by atoms with E-state index in [1.54, 1.807) is 12.1 Å². The van der Waals surface area contributed by atoms with Crippen LogP contribution < -0.4 is 4.90 Å². The summed E-state index contributed by atoms with van der Waals surface area (Å²) in [6, 6.07) is 26.0. The lowest BCUT2D eigenvalue weighted by molar-refractivity contribution is 0.183. The van der Waals surface area contributed by atoms with Crippen LogP contribution in [0.5, 0.6) is 0 Å². The van der Waals surface area contributed by atoms with Crippen LogP contribution in [0, 0.1) is 5.82 Å². The van der Waals surface area contributed by atoms with Crippen LogP contribution in [0.2, 0.25) is 0 Å². The second-order valence-electron chi connectivity index (χ2n) is 5.77. The molecule has 24 heavy (non-hydrogen) atoms. The van der Waals surface area contributed by atoms with E-state index in [0.29, 0.717) is 13.1 Å². The summed E-state index contributed by atoms with van der Waals surface area (Å²) < 4.78 is 13.2. The fourth-order valence-electron chi connectivity index (χ4n) is 2.71. The Balaban J connectivity index is 1.82. The zero-order valence-electron chi connectivity index (χ0n) is 13.3. The summed E-state index contributed by atoms with van der Waals surface area (Å²) in [7, 11) is 0. The van der Waals surface area contributed by atoms with Gasteiger partial charge in [0.25, 0.3) is 0 Å². The van der Waals surface area contributed by atoms with E-state index in [4.69, 9.17) is 0 Å². The van der Waals surface area contributed by atoms with Crippen molar-refractivity contribution < 1.29 is 9.50 Å². The second kappa shape index (κ2) is 7.75. The summed E-state index contributed by atoms with van der Waals surface area (Å²) in [6.45, 7) is 1.08. The summed E-state index contributed by atoms with van der Waals surface area (Å²) in [5.74, 6) is -0.262. The van der Waals surface area contributed by atoms with E-state index in [0.717, 1.165) is 16.8 Å². The summed E-state index contributed by atoms with van der Waals surface area (Å²) in [5, 5.41) is 10.6. The third-order valence-corrected chi connectivity index (χ3v) is 3.99. The Bertz CT molecular complexity index is 744. The van der Waals surface area contributed by atoms with Gasteiger partial charge in [0, 0.05) is 18.8 Å². The Hall–Kier alpha value is -2.65. The molecular formula is C21H20FNO. The van der Waals surface area contributed by atoms with Crippen LogP contribution in [-0.4, -0.2) is 11.7 Å². The molecule has 0 saturated heterocycles. The van der Waals surface area contributed by atoms with Crippen LogP contribution in [-0.2, 0) is 6.54 Å². The summed E-state index contributed by atoms with van der Waals surface area (Å²) in [4.78, 5) is 2.06. The largest absolute Gasteiger partial charge is 0.387 e. The Labute approximate surface area is 141 Å². The van der Waals surface area contributed by atoms with Gasteiger partial charge in [0.2, 0.25) is 0 Å². The van der Waals surface area contributed by atoms with Crippen LogP contribution in [0.3, 0.4) is 0 Å². The van der Waals surface area contributed by atoms with Gasteiger partial charge in [-0.15, -0.1) is 0 Å². The van der Waals surface area contributed by atoms with Crippen LogP contribution in [0.1, 0.15) is 17.2 Å². The molecule has 0 amide bonds. The minimum atomic E-state index is -0.611. The second-order valence-corrected chi connectivity index (χ2v) is 5.77. The fourth-order valence-corrected chi connectivity index (χ4v) is 2.71. The molecule has 0 spiro atoms. The molecule has 0 aliphatic heterocycles. The third kappa shape index (κ3) is 4.21. The monoisotopic (exact) mass is 321 g/mol. The SMILES string of the molecule is OC(CN(Cc1ccccc1)c1ccc(F)cc1)c1ccccc1. The van der Waals surface area contributed by atoms with Crippen LogP contribution >= 0.6 is 0 Å². The molecule has 0 aromatic heterocycles. The zero-order chi connectivity index (χ0) is 16.8. The predicted molar refractivity (Wildman–Crippen MR) is 95.3 cm³/mol. The molecule has 0 aliphatic rings. The molecule has 0 radical (unpaired) electrons. The number of benzene rings is 3. The molecule has 1 atom stereocenters. The summed E-state index contributed by atoms with van der Waals surface area (Å²) in [5.41, 5.74) is 2.90. The molecule has 0 bridgehead atoms. The Kier molecular flexibility index (Phi) is 5.24. The van der Waals surface area contributed by atoms with E-state index < -0.39 is 6.10 Å². The van der Waals surface area contributed by atoms with Crippen molar-refractivity contribution in [3.63, 3.8) is 0 Å². The number of rotatable bonds is 6. The number of hydrogen-bond acceptors (Lipinski definition) is 2. The zero-order valence-corrected chi connectivity index (χ0v) is 13.3. The fraction of sp³-hybridized carbons (Fsp3) is 0.143. The highest BCUT2D eigenvalue weighted by Crippen LogP contribution is 2.22. The molecular weight excluding hydrogens is 301 g/mol. The molecule has 3 rings (SSSR count). The molecule has 3 heteroatoms. The first-order valence-electron chi connectivity index (χ1n) is 8.00. The Morgan fingerprint density at radius 3 is 2.00 bits per heavy atom. The molecule has 122 valence electrons. The van der Waals surface area contributed by atoms with Crippen molar-refractivity contribution in [2.24, 2.45) is 0 Å². The maximum absolute atomic E-state index is 13.2. The quantitative estimate of drug-likeness (QED) is 0.719. The first kappa shape index (κ1) is 16.2. The van der Waals surface area contributed by atoms with Crippen molar-refractivity contribution in [3.8, 4) is 0 Å². The Morgan fingerprint density at radius 2 is 1.38 bits per heavy atom. The van der Waals surface area contributed by atoms with E-state index in [1.165, 1.54) is 12.1 Å². The molecule has 0 fully saturated rings. The molecule has 0 heterocycles. The summed E-state index contributed by atoms with van der Waals surface area (Å²) >= 11 is 0. The first-order valence-corrected chi connectivity index (χ1v) is 8.00. The van der Waals surface area contributed by atoms with Crippen molar-refractivity contribution in [1.29, 1.82) is 0 Å². The molecule has 0 aliphatic carbocycles. The maximum atomic E-state index is 13.2. The Morgan fingerprint density at radius 1 is 0.792 bits per heavy atom. The topological polar surface area (TPSA) is 23.5 Å². The van der Waals surface area contributed by atoms with Crippen LogP contribution in [0.4, 0.5) is 10.1 Å². The normalized spacial score (nSPS) is 11.9. The summed E-state index contributed by atoms with van der Waals surface area (Å²) in [6.07, 6.45) is -0.611. The van der Waals surface area contributed by atoms with Gasteiger partial charge in [-0.05, 0) is 35.4 Å². The molecule has 1 unspecified atom stereocenters. The average molecular weight is 321 g/mol. The van der Waals surface area contributed by atoms with Crippen molar-refractivity contribution in [2.75, 3.05) is 11.4 Å². The van der Waals surface area contributed by atoms with Gasteiger partial charge in [0.15, 0.2) is 0 Å². The van der Waals surface area contributed by atoms with E-state index in [-0.39, 0.29) is 5.82 Å². The van der Waals surface area contributed by atoms with Crippen molar-refractivity contribution in [1.82, 2.24) is 0 Å². The highest BCUT2D eigenvalue weighted by molar-refractivity contribution is 5.47. The van der Waals surface area contributed by atoms with E-state index in [9.17, 15) is 9.50 Å². The number of aliphatic hydroxyl groups is 1. The number of halogens is 1. The number of aliphatic hydroxyl groups excluding tert-OH is 1. The van der Waals surface area contributed by atoms with Gasteiger partial charge in [-0.1, -0.05) is 60.7 Å². The van der Waals surface area contributed by atoms with Gasteiger partial charge in [-0.3, -0.25) is 0 Å². The number of anilines is 1. The number of nitrogens with zero attached hydrogens (tertiary/aromatic N) is 1. The van der Waals surface area contributed by atoms with Gasteiger partial charge < -0.3 is 10.0 Å². The van der Waals surface area contributed by atoms with E-state index in [2.05, 4.69) is 4.90 Å². The van der Waals surface area contributed by atoms with Crippen molar-refractivity contribution in [3.05, 3.63) is 102 Å². The number of hydrogen-bond donors (Lipinski definition) is 1. The third-order valence-electron chi connectivity index (χ3n) is 3.99. The van der Waals surface area contributed by atoms with Crippen LogP contribution in [0.15, 0.2) is 84.9 Å². The molecule has 3 aromatic rings. The first-order chi connectivity index (χ1) is 11.7. The highest BCUT2D eigenvalue weighted by atomic mass is 19.1.